The Balaban J connectivity index is 1.69. The molecule has 0 spiro atoms. The molecule has 1 nitrogen and oxygen atoms in total. The zero-order valence-electron chi connectivity index (χ0n) is 10.2. The molecule has 0 aromatic heterocycles. The van der Waals surface area contributed by atoms with Gasteiger partial charge in [0.2, 0.25) is 0 Å². The molecule has 0 amide bonds. The SMILES string of the molecule is CCC1CCC(NCC2(SC)CCC2)C1. The van der Waals surface area contributed by atoms with Crippen molar-refractivity contribution in [3.05, 3.63) is 0 Å². The minimum atomic E-state index is 0.615. The maximum absolute atomic E-state index is 3.82. The summed E-state index contributed by atoms with van der Waals surface area (Å²) in [6.45, 7) is 3.59. The maximum Gasteiger partial charge on any atom is 0.0281 e. The molecule has 2 aliphatic carbocycles. The van der Waals surface area contributed by atoms with Gasteiger partial charge in [-0.2, -0.15) is 11.8 Å². The van der Waals surface area contributed by atoms with Crippen LogP contribution in [0.3, 0.4) is 0 Å². The summed E-state index contributed by atoms with van der Waals surface area (Å²) in [4.78, 5) is 0. The van der Waals surface area contributed by atoms with Gasteiger partial charge in [0, 0.05) is 17.3 Å². The lowest BCUT2D eigenvalue weighted by molar-refractivity contribution is 0.327. The van der Waals surface area contributed by atoms with Crippen LogP contribution in [0.4, 0.5) is 0 Å². The average Bonchev–Trinajstić information content (AvgIpc) is 2.65. The van der Waals surface area contributed by atoms with Crippen molar-refractivity contribution in [2.24, 2.45) is 5.92 Å². The molecule has 2 unspecified atom stereocenters. The summed E-state index contributed by atoms with van der Waals surface area (Å²) >= 11 is 2.09. The first-order valence-electron chi connectivity index (χ1n) is 6.56. The first-order valence-corrected chi connectivity index (χ1v) is 7.79. The number of thioether (sulfide) groups is 1. The Morgan fingerprint density at radius 2 is 2.13 bits per heavy atom. The summed E-state index contributed by atoms with van der Waals surface area (Å²) < 4.78 is 0.615. The summed E-state index contributed by atoms with van der Waals surface area (Å²) in [6.07, 6.45) is 12.3. The molecule has 2 aliphatic rings. The van der Waals surface area contributed by atoms with Crippen molar-refractivity contribution in [3.63, 3.8) is 0 Å². The Kier molecular flexibility index (Phi) is 4.00. The molecule has 2 saturated carbocycles. The summed E-state index contributed by atoms with van der Waals surface area (Å²) in [5, 5.41) is 3.82. The first-order chi connectivity index (χ1) is 7.28. The quantitative estimate of drug-likeness (QED) is 0.772. The van der Waals surface area contributed by atoms with Crippen molar-refractivity contribution in [2.45, 2.75) is 62.7 Å². The van der Waals surface area contributed by atoms with Gasteiger partial charge in [-0.3, -0.25) is 0 Å². The fourth-order valence-corrected chi connectivity index (χ4v) is 3.91. The van der Waals surface area contributed by atoms with E-state index in [0.717, 1.165) is 12.0 Å². The fourth-order valence-electron chi connectivity index (χ4n) is 2.99. The topological polar surface area (TPSA) is 12.0 Å². The molecule has 88 valence electrons. The zero-order valence-corrected chi connectivity index (χ0v) is 11.0. The highest BCUT2D eigenvalue weighted by molar-refractivity contribution is 8.00. The molecule has 0 aromatic rings. The lowest BCUT2D eigenvalue weighted by atomic mass is 9.84. The minimum Gasteiger partial charge on any atom is -0.313 e. The molecule has 2 fully saturated rings. The van der Waals surface area contributed by atoms with Gasteiger partial charge in [0.15, 0.2) is 0 Å². The smallest absolute Gasteiger partial charge is 0.0281 e. The van der Waals surface area contributed by atoms with Crippen molar-refractivity contribution >= 4 is 11.8 Å². The third-order valence-electron chi connectivity index (χ3n) is 4.53. The van der Waals surface area contributed by atoms with E-state index in [2.05, 4.69) is 30.3 Å². The Bertz CT molecular complexity index is 195. The van der Waals surface area contributed by atoms with Gasteiger partial charge in [0.05, 0.1) is 0 Å². The van der Waals surface area contributed by atoms with E-state index < -0.39 is 0 Å². The van der Waals surface area contributed by atoms with Crippen molar-refractivity contribution in [1.82, 2.24) is 5.32 Å². The van der Waals surface area contributed by atoms with E-state index in [-0.39, 0.29) is 0 Å². The third kappa shape index (κ3) is 2.71. The molecule has 0 aromatic carbocycles. The van der Waals surface area contributed by atoms with E-state index in [1.165, 1.54) is 51.5 Å². The molecule has 15 heavy (non-hydrogen) atoms. The van der Waals surface area contributed by atoms with Gasteiger partial charge < -0.3 is 5.32 Å². The van der Waals surface area contributed by atoms with Crippen LogP contribution in [-0.2, 0) is 0 Å². The highest BCUT2D eigenvalue weighted by atomic mass is 32.2. The van der Waals surface area contributed by atoms with Gasteiger partial charge in [0.25, 0.3) is 0 Å². The second-order valence-corrected chi connectivity index (χ2v) is 6.68. The van der Waals surface area contributed by atoms with Gasteiger partial charge in [0.1, 0.15) is 0 Å². The van der Waals surface area contributed by atoms with Crippen LogP contribution in [-0.4, -0.2) is 23.6 Å². The molecule has 0 bridgehead atoms. The largest absolute Gasteiger partial charge is 0.313 e. The Morgan fingerprint density at radius 1 is 1.33 bits per heavy atom. The van der Waals surface area contributed by atoms with Crippen LogP contribution in [0.1, 0.15) is 51.9 Å². The zero-order chi connectivity index (χ0) is 10.7. The molecule has 0 aliphatic heterocycles. The molecule has 0 heterocycles. The number of hydrogen-bond acceptors (Lipinski definition) is 2. The molecule has 2 heteroatoms. The van der Waals surface area contributed by atoms with Crippen LogP contribution in [0, 0.1) is 5.92 Å². The highest BCUT2D eigenvalue weighted by Crippen LogP contribution is 2.42. The lowest BCUT2D eigenvalue weighted by Gasteiger charge is -2.41. The van der Waals surface area contributed by atoms with Gasteiger partial charge >= 0.3 is 0 Å². The monoisotopic (exact) mass is 227 g/mol. The van der Waals surface area contributed by atoms with Crippen molar-refractivity contribution in [3.8, 4) is 0 Å². The van der Waals surface area contributed by atoms with E-state index in [9.17, 15) is 0 Å². The Hall–Kier alpha value is 0.310. The first kappa shape index (κ1) is 11.8. The molecular formula is C13H25NS. The van der Waals surface area contributed by atoms with Gasteiger partial charge in [-0.15, -0.1) is 0 Å². The predicted molar refractivity (Wildman–Crippen MR) is 69.5 cm³/mol. The number of hydrogen-bond donors (Lipinski definition) is 1. The maximum atomic E-state index is 3.82. The van der Waals surface area contributed by atoms with E-state index in [1.807, 2.05) is 0 Å². The molecule has 0 radical (unpaired) electrons. The Morgan fingerprint density at radius 3 is 2.60 bits per heavy atom. The summed E-state index contributed by atoms with van der Waals surface area (Å²) in [7, 11) is 0. The second-order valence-electron chi connectivity index (χ2n) is 5.41. The minimum absolute atomic E-state index is 0.615. The standard InChI is InChI=1S/C13H25NS/c1-3-11-5-6-12(9-11)14-10-13(15-2)7-4-8-13/h11-12,14H,3-10H2,1-2H3. The molecule has 2 atom stereocenters. The summed E-state index contributed by atoms with van der Waals surface area (Å²) in [5.41, 5.74) is 0. The van der Waals surface area contributed by atoms with Crippen molar-refractivity contribution in [2.75, 3.05) is 12.8 Å². The normalized spacial score (nSPS) is 34.0. The van der Waals surface area contributed by atoms with E-state index in [0.29, 0.717) is 4.75 Å². The van der Waals surface area contributed by atoms with Gasteiger partial charge in [-0.1, -0.05) is 19.8 Å². The van der Waals surface area contributed by atoms with E-state index >= 15 is 0 Å². The highest BCUT2D eigenvalue weighted by Gasteiger charge is 2.36. The molecule has 2 rings (SSSR count). The number of nitrogens with one attached hydrogen (secondary N) is 1. The van der Waals surface area contributed by atoms with Crippen LogP contribution in [0.15, 0.2) is 0 Å². The molecule has 0 saturated heterocycles. The fraction of sp³-hybridized carbons (Fsp3) is 1.00. The van der Waals surface area contributed by atoms with E-state index in [1.54, 1.807) is 0 Å². The average molecular weight is 227 g/mol. The van der Waals surface area contributed by atoms with Crippen LogP contribution >= 0.6 is 11.8 Å². The van der Waals surface area contributed by atoms with Crippen molar-refractivity contribution < 1.29 is 0 Å². The van der Waals surface area contributed by atoms with Gasteiger partial charge in [-0.05, 0) is 44.3 Å². The second kappa shape index (κ2) is 5.09. The summed E-state index contributed by atoms with van der Waals surface area (Å²) in [5.74, 6) is 1.01. The van der Waals surface area contributed by atoms with Crippen LogP contribution in [0.5, 0.6) is 0 Å². The summed E-state index contributed by atoms with van der Waals surface area (Å²) in [6, 6.07) is 0.833. The molecular weight excluding hydrogens is 202 g/mol. The van der Waals surface area contributed by atoms with Crippen LogP contribution in [0.25, 0.3) is 0 Å². The predicted octanol–water partition coefficient (Wildman–Crippen LogP) is 3.44. The van der Waals surface area contributed by atoms with E-state index in [4.69, 9.17) is 0 Å². The number of rotatable bonds is 5. The van der Waals surface area contributed by atoms with Gasteiger partial charge in [-0.25, -0.2) is 0 Å². The van der Waals surface area contributed by atoms with Crippen LogP contribution < -0.4 is 5.32 Å². The molecule has 1 N–H and O–H groups in total. The van der Waals surface area contributed by atoms with Crippen molar-refractivity contribution in [1.29, 1.82) is 0 Å². The lowest BCUT2D eigenvalue weighted by Crippen LogP contribution is -2.46. The van der Waals surface area contributed by atoms with Crippen LogP contribution in [0.2, 0.25) is 0 Å². The Labute approximate surface area is 98.8 Å². The third-order valence-corrected chi connectivity index (χ3v) is 5.95.